The summed E-state index contributed by atoms with van der Waals surface area (Å²) < 4.78 is 13.8. The standard InChI is InChI=1S/C17H18ClF/c1-12(2)9-13-5-3-6-14(10-13)11-15-16(18)7-4-8-17(15)19/h3-8,10,12H,9,11H2,1-2H3. The van der Waals surface area contributed by atoms with Crippen LogP contribution < -0.4 is 0 Å². The Bertz CT molecular complexity index is 541. The lowest BCUT2D eigenvalue weighted by Crippen LogP contribution is -1.97. The smallest absolute Gasteiger partial charge is 0.128 e. The van der Waals surface area contributed by atoms with E-state index in [1.807, 2.05) is 12.1 Å². The van der Waals surface area contributed by atoms with Gasteiger partial charge in [0.25, 0.3) is 0 Å². The maximum absolute atomic E-state index is 13.8. The number of hydrogen-bond acceptors (Lipinski definition) is 0. The molecular weight excluding hydrogens is 259 g/mol. The van der Waals surface area contributed by atoms with Gasteiger partial charge in [-0.2, -0.15) is 0 Å². The van der Waals surface area contributed by atoms with Gasteiger partial charge in [-0.05, 0) is 35.6 Å². The molecule has 0 atom stereocenters. The second-order valence-electron chi connectivity index (χ2n) is 5.29. The average molecular weight is 277 g/mol. The molecule has 0 radical (unpaired) electrons. The zero-order valence-electron chi connectivity index (χ0n) is 11.3. The normalized spacial score (nSPS) is 11.0. The molecule has 0 bridgehead atoms. The minimum atomic E-state index is -0.234. The van der Waals surface area contributed by atoms with Crippen LogP contribution in [0.15, 0.2) is 42.5 Å². The van der Waals surface area contributed by atoms with Crippen LogP contribution in [0.1, 0.15) is 30.5 Å². The summed E-state index contributed by atoms with van der Waals surface area (Å²) >= 11 is 6.06. The van der Waals surface area contributed by atoms with Crippen molar-refractivity contribution in [1.82, 2.24) is 0 Å². The van der Waals surface area contributed by atoms with E-state index in [2.05, 4.69) is 26.0 Å². The number of hydrogen-bond donors (Lipinski definition) is 0. The molecule has 0 aromatic heterocycles. The summed E-state index contributed by atoms with van der Waals surface area (Å²) in [6.45, 7) is 4.39. The summed E-state index contributed by atoms with van der Waals surface area (Å²) in [6.07, 6.45) is 1.58. The van der Waals surface area contributed by atoms with Gasteiger partial charge < -0.3 is 0 Å². The van der Waals surface area contributed by atoms with Crippen molar-refractivity contribution in [3.05, 3.63) is 70.0 Å². The van der Waals surface area contributed by atoms with Crippen molar-refractivity contribution in [1.29, 1.82) is 0 Å². The molecule has 2 heteroatoms. The van der Waals surface area contributed by atoms with Gasteiger partial charge in [-0.15, -0.1) is 0 Å². The van der Waals surface area contributed by atoms with E-state index in [1.54, 1.807) is 12.1 Å². The highest BCUT2D eigenvalue weighted by Crippen LogP contribution is 2.23. The Hall–Kier alpha value is -1.34. The van der Waals surface area contributed by atoms with Crippen molar-refractivity contribution in [3.63, 3.8) is 0 Å². The first-order valence-electron chi connectivity index (χ1n) is 6.57. The third-order valence-electron chi connectivity index (χ3n) is 3.08. The van der Waals surface area contributed by atoms with Crippen molar-refractivity contribution in [2.24, 2.45) is 5.92 Å². The predicted octanol–water partition coefficient (Wildman–Crippen LogP) is 5.27. The van der Waals surface area contributed by atoms with E-state index >= 15 is 0 Å². The van der Waals surface area contributed by atoms with Crippen LogP contribution in [0.25, 0.3) is 0 Å². The van der Waals surface area contributed by atoms with E-state index in [0.717, 1.165) is 12.0 Å². The Morgan fingerprint density at radius 1 is 1.05 bits per heavy atom. The number of rotatable bonds is 4. The van der Waals surface area contributed by atoms with Crippen LogP contribution in [0, 0.1) is 11.7 Å². The molecule has 0 N–H and O–H groups in total. The summed E-state index contributed by atoms with van der Waals surface area (Å²) in [5.74, 6) is 0.383. The highest BCUT2D eigenvalue weighted by molar-refractivity contribution is 6.31. The first-order chi connectivity index (χ1) is 9.06. The molecule has 2 rings (SSSR count). The zero-order chi connectivity index (χ0) is 13.8. The van der Waals surface area contributed by atoms with Gasteiger partial charge in [0.1, 0.15) is 5.82 Å². The van der Waals surface area contributed by atoms with Crippen molar-refractivity contribution in [3.8, 4) is 0 Å². The Morgan fingerprint density at radius 2 is 1.74 bits per heavy atom. The molecule has 19 heavy (non-hydrogen) atoms. The SMILES string of the molecule is CC(C)Cc1cccc(Cc2c(F)cccc2Cl)c1. The second kappa shape index (κ2) is 6.21. The summed E-state index contributed by atoms with van der Waals surface area (Å²) in [4.78, 5) is 0. The van der Waals surface area contributed by atoms with E-state index in [4.69, 9.17) is 11.6 Å². The molecule has 100 valence electrons. The molecule has 0 saturated heterocycles. The molecule has 0 amide bonds. The van der Waals surface area contributed by atoms with Gasteiger partial charge in [0, 0.05) is 17.0 Å². The van der Waals surface area contributed by atoms with E-state index in [-0.39, 0.29) is 5.82 Å². The minimum Gasteiger partial charge on any atom is -0.207 e. The second-order valence-corrected chi connectivity index (χ2v) is 5.70. The van der Waals surface area contributed by atoms with E-state index in [9.17, 15) is 4.39 Å². The lowest BCUT2D eigenvalue weighted by Gasteiger charge is -2.09. The Labute approximate surface area is 119 Å². The fourth-order valence-electron chi connectivity index (χ4n) is 2.24. The van der Waals surface area contributed by atoms with Gasteiger partial charge in [0.2, 0.25) is 0 Å². The predicted molar refractivity (Wildman–Crippen MR) is 79.2 cm³/mol. The molecule has 0 heterocycles. The fraction of sp³-hybridized carbons (Fsp3) is 0.294. The van der Waals surface area contributed by atoms with Crippen LogP contribution in [0.4, 0.5) is 4.39 Å². The highest BCUT2D eigenvalue weighted by atomic mass is 35.5. The maximum atomic E-state index is 13.8. The highest BCUT2D eigenvalue weighted by Gasteiger charge is 2.08. The topological polar surface area (TPSA) is 0 Å². The van der Waals surface area contributed by atoms with Gasteiger partial charge in [0.15, 0.2) is 0 Å². The van der Waals surface area contributed by atoms with E-state index in [0.29, 0.717) is 22.9 Å². The van der Waals surface area contributed by atoms with Crippen LogP contribution in [0.3, 0.4) is 0 Å². The number of benzene rings is 2. The first-order valence-corrected chi connectivity index (χ1v) is 6.94. The summed E-state index contributed by atoms with van der Waals surface area (Å²) in [5.41, 5.74) is 2.97. The number of halogens is 2. The third-order valence-corrected chi connectivity index (χ3v) is 3.43. The molecule has 2 aromatic rings. The quantitative estimate of drug-likeness (QED) is 0.714. The van der Waals surface area contributed by atoms with Gasteiger partial charge in [-0.1, -0.05) is 55.8 Å². The molecule has 0 aliphatic heterocycles. The molecule has 0 spiro atoms. The van der Waals surface area contributed by atoms with Crippen LogP contribution in [-0.4, -0.2) is 0 Å². The molecular formula is C17H18ClF. The van der Waals surface area contributed by atoms with E-state index in [1.165, 1.54) is 11.6 Å². The van der Waals surface area contributed by atoms with Crippen molar-refractivity contribution >= 4 is 11.6 Å². The Morgan fingerprint density at radius 3 is 2.42 bits per heavy atom. The summed E-state index contributed by atoms with van der Waals surface area (Å²) in [6, 6.07) is 13.1. The Kier molecular flexibility index (Phi) is 4.60. The maximum Gasteiger partial charge on any atom is 0.128 e. The van der Waals surface area contributed by atoms with Crippen molar-refractivity contribution < 1.29 is 4.39 Å². The molecule has 0 aliphatic carbocycles. The minimum absolute atomic E-state index is 0.234. The lowest BCUT2D eigenvalue weighted by atomic mass is 9.98. The molecule has 0 saturated carbocycles. The zero-order valence-corrected chi connectivity index (χ0v) is 12.0. The lowest BCUT2D eigenvalue weighted by molar-refractivity contribution is 0.614. The van der Waals surface area contributed by atoms with Crippen LogP contribution in [0.5, 0.6) is 0 Å². The van der Waals surface area contributed by atoms with Crippen molar-refractivity contribution in [2.75, 3.05) is 0 Å². The average Bonchev–Trinajstić information content (AvgIpc) is 2.34. The summed E-state index contributed by atoms with van der Waals surface area (Å²) in [5, 5.41) is 0.495. The van der Waals surface area contributed by atoms with Gasteiger partial charge in [-0.25, -0.2) is 4.39 Å². The van der Waals surface area contributed by atoms with E-state index < -0.39 is 0 Å². The molecule has 0 nitrogen and oxygen atoms in total. The molecule has 0 fully saturated rings. The van der Waals surface area contributed by atoms with Crippen LogP contribution >= 0.6 is 11.6 Å². The molecule has 0 aliphatic rings. The molecule has 2 aromatic carbocycles. The van der Waals surface area contributed by atoms with Gasteiger partial charge in [0.05, 0.1) is 0 Å². The Balaban J connectivity index is 2.24. The van der Waals surface area contributed by atoms with Crippen LogP contribution in [-0.2, 0) is 12.8 Å². The largest absolute Gasteiger partial charge is 0.207 e. The molecule has 0 unspecified atom stereocenters. The summed E-state index contributed by atoms with van der Waals surface area (Å²) in [7, 11) is 0. The fourth-order valence-corrected chi connectivity index (χ4v) is 2.47. The monoisotopic (exact) mass is 276 g/mol. The third kappa shape index (κ3) is 3.81. The van der Waals surface area contributed by atoms with Gasteiger partial charge >= 0.3 is 0 Å². The van der Waals surface area contributed by atoms with Crippen molar-refractivity contribution in [2.45, 2.75) is 26.7 Å². The first kappa shape index (κ1) is 14.1. The van der Waals surface area contributed by atoms with Gasteiger partial charge in [-0.3, -0.25) is 0 Å². The van der Waals surface area contributed by atoms with Crippen LogP contribution in [0.2, 0.25) is 5.02 Å².